The Bertz CT molecular complexity index is 890. The second-order valence-corrected chi connectivity index (χ2v) is 7.33. The van der Waals surface area contributed by atoms with Crippen molar-refractivity contribution in [1.82, 2.24) is 15.2 Å². The number of hydrogen-bond acceptors (Lipinski definition) is 6. The second kappa shape index (κ2) is 7.11. The summed E-state index contributed by atoms with van der Waals surface area (Å²) in [6.07, 6.45) is 1.68. The molecule has 0 spiro atoms. The first kappa shape index (κ1) is 17.7. The molecule has 4 rings (SSSR count). The third kappa shape index (κ3) is 2.90. The summed E-state index contributed by atoms with van der Waals surface area (Å²) in [7, 11) is 3.05. The molecule has 2 aromatic rings. The molecule has 1 N–H and O–H groups in total. The first-order valence-corrected chi connectivity index (χ1v) is 9.57. The van der Waals surface area contributed by atoms with Crippen LogP contribution in [0.3, 0.4) is 0 Å². The van der Waals surface area contributed by atoms with E-state index < -0.39 is 6.04 Å². The van der Waals surface area contributed by atoms with Crippen molar-refractivity contribution in [2.75, 3.05) is 20.0 Å². The molecule has 1 aromatic heterocycles. The minimum Gasteiger partial charge on any atom is -0.493 e. The molecule has 140 valence electrons. The van der Waals surface area contributed by atoms with Gasteiger partial charge in [-0.3, -0.25) is 14.6 Å². The quantitative estimate of drug-likeness (QED) is 0.848. The van der Waals surface area contributed by atoms with E-state index >= 15 is 0 Å². The molecule has 0 aliphatic carbocycles. The van der Waals surface area contributed by atoms with Gasteiger partial charge in [0, 0.05) is 17.5 Å². The van der Waals surface area contributed by atoms with Crippen molar-refractivity contribution in [3.8, 4) is 11.5 Å². The van der Waals surface area contributed by atoms with Gasteiger partial charge in [-0.1, -0.05) is 12.1 Å². The van der Waals surface area contributed by atoms with Gasteiger partial charge in [-0.25, -0.2) is 0 Å². The van der Waals surface area contributed by atoms with Crippen LogP contribution in [0.4, 0.5) is 0 Å². The minimum atomic E-state index is -0.528. The molecule has 1 saturated heterocycles. The van der Waals surface area contributed by atoms with Crippen molar-refractivity contribution in [2.45, 2.75) is 18.0 Å². The molecule has 2 amide bonds. The van der Waals surface area contributed by atoms with Crippen LogP contribution < -0.4 is 14.8 Å². The highest BCUT2D eigenvalue weighted by molar-refractivity contribution is 7.99. The summed E-state index contributed by atoms with van der Waals surface area (Å²) in [4.78, 5) is 31.7. The monoisotopic (exact) mass is 385 g/mol. The number of methoxy groups -OCH3 is 2. The molecule has 8 heteroatoms. The molecular weight excluding hydrogens is 366 g/mol. The first-order valence-electron chi connectivity index (χ1n) is 8.52. The number of carbonyl (C=O) groups excluding carboxylic acids is 2. The van der Waals surface area contributed by atoms with Crippen LogP contribution in [0.2, 0.25) is 0 Å². The maximum atomic E-state index is 13.1. The number of pyridine rings is 1. The normalized spacial score (nSPS) is 20.2. The Labute approximate surface area is 161 Å². The smallest absolute Gasteiger partial charge is 0.260 e. The van der Waals surface area contributed by atoms with E-state index in [1.165, 1.54) is 14.2 Å². The zero-order valence-electron chi connectivity index (χ0n) is 15.0. The average molecular weight is 385 g/mol. The van der Waals surface area contributed by atoms with Gasteiger partial charge in [0.1, 0.15) is 11.4 Å². The number of fused-ring (bicyclic) bond motifs is 3. The Morgan fingerprint density at radius 1 is 1.30 bits per heavy atom. The van der Waals surface area contributed by atoms with Crippen LogP contribution >= 0.6 is 11.8 Å². The molecule has 7 nitrogen and oxygen atoms in total. The predicted molar refractivity (Wildman–Crippen MR) is 101 cm³/mol. The van der Waals surface area contributed by atoms with Crippen molar-refractivity contribution in [2.24, 2.45) is 0 Å². The Kier molecular flexibility index (Phi) is 4.65. The van der Waals surface area contributed by atoms with Crippen LogP contribution in [0.25, 0.3) is 0 Å². The Morgan fingerprint density at radius 2 is 2.15 bits per heavy atom. The maximum Gasteiger partial charge on any atom is 0.260 e. The van der Waals surface area contributed by atoms with E-state index in [2.05, 4.69) is 10.3 Å². The molecule has 3 heterocycles. The van der Waals surface area contributed by atoms with Crippen LogP contribution in [0.1, 0.15) is 27.0 Å². The van der Waals surface area contributed by atoms with Crippen molar-refractivity contribution < 1.29 is 19.1 Å². The Hall–Kier alpha value is -2.74. The number of nitrogens with one attached hydrogen (secondary N) is 1. The highest BCUT2D eigenvalue weighted by Crippen LogP contribution is 2.52. The third-order valence-electron chi connectivity index (χ3n) is 4.77. The standard InChI is InChI=1S/C19H19N3O4S/c1-25-14-7-6-12-15(16(14)26-2)18(24)22-13(10-27-19(12)22)17(23)21-9-11-5-3-4-8-20-11/h3-8,13,19H,9-10H2,1-2H3,(H,21,23)/t13-,19-/m1/s1. The molecule has 0 bridgehead atoms. The van der Waals surface area contributed by atoms with Gasteiger partial charge in [0.2, 0.25) is 5.91 Å². The van der Waals surface area contributed by atoms with Crippen molar-refractivity contribution in [3.63, 3.8) is 0 Å². The topological polar surface area (TPSA) is 80.8 Å². The number of hydrogen-bond donors (Lipinski definition) is 1. The number of ether oxygens (including phenoxy) is 2. The molecule has 1 aromatic carbocycles. The SMILES string of the molecule is COc1ccc2c(c1OC)C(=O)N1[C@@H](C(=O)NCc3ccccn3)CS[C@H]21. The number of amides is 2. The fourth-order valence-corrected chi connectivity index (χ4v) is 4.95. The summed E-state index contributed by atoms with van der Waals surface area (Å²) in [6.45, 7) is 0.331. The zero-order valence-corrected chi connectivity index (χ0v) is 15.8. The molecular formula is C19H19N3O4S. The van der Waals surface area contributed by atoms with Crippen molar-refractivity contribution >= 4 is 23.6 Å². The largest absolute Gasteiger partial charge is 0.493 e. The molecule has 2 aliphatic rings. The third-order valence-corrected chi connectivity index (χ3v) is 6.07. The summed E-state index contributed by atoms with van der Waals surface area (Å²) >= 11 is 1.58. The summed E-state index contributed by atoms with van der Waals surface area (Å²) in [6, 6.07) is 8.69. The number of benzene rings is 1. The highest BCUT2D eigenvalue weighted by atomic mass is 32.2. The zero-order chi connectivity index (χ0) is 19.0. The van der Waals surface area contributed by atoms with Crippen LogP contribution in [-0.2, 0) is 11.3 Å². The molecule has 0 radical (unpaired) electrons. The molecule has 2 atom stereocenters. The lowest BCUT2D eigenvalue weighted by molar-refractivity contribution is -0.124. The van der Waals surface area contributed by atoms with E-state index in [0.29, 0.717) is 29.4 Å². The van der Waals surface area contributed by atoms with E-state index in [-0.39, 0.29) is 17.2 Å². The van der Waals surface area contributed by atoms with E-state index in [1.54, 1.807) is 28.9 Å². The summed E-state index contributed by atoms with van der Waals surface area (Å²) in [5, 5.41) is 2.70. The summed E-state index contributed by atoms with van der Waals surface area (Å²) in [5.41, 5.74) is 2.12. The van der Waals surface area contributed by atoms with Gasteiger partial charge >= 0.3 is 0 Å². The second-order valence-electron chi connectivity index (χ2n) is 6.22. The number of rotatable bonds is 5. The van der Waals surface area contributed by atoms with Gasteiger partial charge < -0.3 is 19.7 Å². The molecule has 1 fully saturated rings. The lowest BCUT2D eigenvalue weighted by Gasteiger charge is -2.22. The van der Waals surface area contributed by atoms with Crippen LogP contribution in [0.15, 0.2) is 36.5 Å². The number of aromatic nitrogens is 1. The van der Waals surface area contributed by atoms with Crippen LogP contribution in [-0.4, -0.2) is 47.7 Å². The lowest BCUT2D eigenvalue weighted by atomic mass is 10.1. The average Bonchev–Trinajstić information content (AvgIpc) is 3.26. The highest BCUT2D eigenvalue weighted by Gasteiger charge is 2.50. The van der Waals surface area contributed by atoms with E-state index in [4.69, 9.17) is 9.47 Å². The van der Waals surface area contributed by atoms with Gasteiger partial charge in [-0.15, -0.1) is 11.8 Å². The van der Waals surface area contributed by atoms with Crippen LogP contribution in [0, 0.1) is 0 Å². The van der Waals surface area contributed by atoms with Gasteiger partial charge in [0.25, 0.3) is 5.91 Å². The molecule has 27 heavy (non-hydrogen) atoms. The number of nitrogens with zero attached hydrogens (tertiary/aromatic N) is 2. The summed E-state index contributed by atoms with van der Waals surface area (Å²) in [5.74, 6) is 1.10. The van der Waals surface area contributed by atoms with Gasteiger partial charge in [-0.05, 0) is 18.2 Å². The Morgan fingerprint density at radius 3 is 2.85 bits per heavy atom. The number of thioether (sulfide) groups is 1. The van der Waals surface area contributed by atoms with Gasteiger partial charge in [-0.2, -0.15) is 0 Å². The molecule has 2 aliphatic heterocycles. The van der Waals surface area contributed by atoms with Gasteiger partial charge in [0.05, 0.1) is 32.0 Å². The Balaban J connectivity index is 1.56. The molecule has 0 saturated carbocycles. The fourth-order valence-electron chi connectivity index (χ4n) is 3.49. The lowest BCUT2D eigenvalue weighted by Crippen LogP contribution is -2.45. The van der Waals surface area contributed by atoms with Gasteiger partial charge in [0.15, 0.2) is 11.5 Å². The number of carbonyl (C=O) groups is 2. The first-order chi connectivity index (χ1) is 13.2. The van der Waals surface area contributed by atoms with Crippen LogP contribution in [0.5, 0.6) is 11.5 Å². The van der Waals surface area contributed by atoms with E-state index in [1.807, 2.05) is 24.3 Å². The van der Waals surface area contributed by atoms with Crippen molar-refractivity contribution in [3.05, 3.63) is 53.3 Å². The minimum absolute atomic E-state index is 0.178. The predicted octanol–water partition coefficient (Wildman–Crippen LogP) is 1.98. The van der Waals surface area contributed by atoms with E-state index in [9.17, 15) is 9.59 Å². The fraction of sp³-hybridized carbons (Fsp3) is 0.316. The van der Waals surface area contributed by atoms with Crippen molar-refractivity contribution in [1.29, 1.82) is 0 Å². The summed E-state index contributed by atoms with van der Waals surface area (Å²) < 4.78 is 10.7. The molecule has 0 unspecified atom stereocenters. The van der Waals surface area contributed by atoms with E-state index in [0.717, 1.165) is 11.3 Å². The maximum absolute atomic E-state index is 13.1.